The van der Waals surface area contributed by atoms with Crippen LogP contribution in [0.3, 0.4) is 0 Å². The Morgan fingerprint density at radius 2 is 2.12 bits per heavy atom. The summed E-state index contributed by atoms with van der Waals surface area (Å²) in [6.45, 7) is 5.63. The van der Waals surface area contributed by atoms with E-state index in [1.165, 1.54) is 19.2 Å². The number of amides is 1. The normalized spacial score (nSPS) is 17.0. The molecule has 0 radical (unpaired) electrons. The number of ether oxygens (including phenoxy) is 1. The van der Waals surface area contributed by atoms with E-state index in [0.717, 1.165) is 25.2 Å². The molecule has 0 spiro atoms. The van der Waals surface area contributed by atoms with E-state index >= 15 is 0 Å². The molecule has 0 aliphatic carbocycles. The summed E-state index contributed by atoms with van der Waals surface area (Å²) < 4.78 is 5.57. The Labute approximate surface area is 154 Å². The number of para-hydroxylation sites is 2. The molecule has 1 unspecified atom stereocenters. The van der Waals surface area contributed by atoms with Crippen molar-refractivity contribution < 1.29 is 9.53 Å². The number of hydrogen-bond acceptors (Lipinski definition) is 5. The van der Waals surface area contributed by atoms with Crippen LogP contribution in [0.4, 0.5) is 11.5 Å². The van der Waals surface area contributed by atoms with Gasteiger partial charge < -0.3 is 15.0 Å². The number of carbonyl (C=O) groups is 1. The minimum atomic E-state index is -0.258. The van der Waals surface area contributed by atoms with E-state index in [2.05, 4.69) is 27.1 Å². The van der Waals surface area contributed by atoms with Crippen molar-refractivity contribution in [2.45, 2.75) is 45.6 Å². The van der Waals surface area contributed by atoms with Gasteiger partial charge >= 0.3 is 0 Å². The Morgan fingerprint density at radius 1 is 1.27 bits per heavy atom. The average Bonchev–Trinajstić information content (AvgIpc) is 2.69. The summed E-state index contributed by atoms with van der Waals surface area (Å²) in [7, 11) is 0. The van der Waals surface area contributed by atoms with E-state index in [4.69, 9.17) is 4.74 Å². The fourth-order valence-corrected chi connectivity index (χ4v) is 3.39. The predicted octanol–water partition coefficient (Wildman–Crippen LogP) is 3.90. The van der Waals surface area contributed by atoms with Crippen LogP contribution in [0, 0.1) is 0 Å². The molecule has 1 saturated heterocycles. The number of aromatic nitrogens is 2. The monoisotopic (exact) mass is 354 g/mol. The fraction of sp³-hybridized carbons (Fsp3) is 0.450. The third kappa shape index (κ3) is 4.12. The zero-order chi connectivity index (χ0) is 18.4. The minimum Gasteiger partial charge on any atom is -0.492 e. The fourth-order valence-electron chi connectivity index (χ4n) is 3.39. The van der Waals surface area contributed by atoms with Crippen molar-refractivity contribution in [1.29, 1.82) is 0 Å². The highest BCUT2D eigenvalue weighted by Gasteiger charge is 2.23. The van der Waals surface area contributed by atoms with Crippen LogP contribution < -0.4 is 15.0 Å². The first-order chi connectivity index (χ1) is 12.7. The summed E-state index contributed by atoms with van der Waals surface area (Å²) in [6.07, 6.45) is 6.13. The molecule has 3 rings (SSSR count). The molecule has 2 aromatic rings. The van der Waals surface area contributed by atoms with Gasteiger partial charge in [-0.1, -0.05) is 19.1 Å². The number of carbonyl (C=O) groups excluding carboxylic acids is 1. The number of anilines is 2. The molecule has 0 bridgehead atoms. The standard InChI is InChI=1S/C20H26N4O2/c1-3-15-9-7-8-12-24(15)19-13-17(21-14-22-19)20(25)23-16-10-5-6-11-18(16)26-4-2/h5-6,10-11,13-15H,3-4,7-9,12H2,1-2H3,(H,23,25). The van der Waals surface area contributed by atoms with Crippen LogP contribution in [-0.2, 0) is 0 Å². The van der Waals surface area contributed by atoms with Crippen LogP contribution in [0.2, 0.25) is 0 Å². The van der Waals surface area contributed by atoms with E-state index in [9.17, 15) is 4.79 Å². The number of rotatable bonds is 6. The maximum atomic E-state index is 12.7. The summed E-state index contributed by atoms with van der Waals surface area (Å²) in [5.41, 5.74) is 1.01. The van der Waals surface area contributed by atoms with Crippen LogP contribution in [0.15, 0.2) is 36.7 Å². The number of benzene rings is 1. The second-order valence-electron chi connectivity index (χ2n) is 6.40. The van der Waals surface area contributed by atoms with Gasteiger partial charge in [0.1, 0.15) is 23.6 Å². The molecule has 6 heteroatoms. The SMILES string of the molecule is CCOc1ccccc1NC(=O)c1cc(N2CCCCC2CC)ncn1. The van der Waals surface area contributed by atoms with Crippen molar-refractivity contribution in [3.63, 3.8) is 0 Å². The van der Waals surface area contributed by atoms with Gasteiger partial charge in [0.15, 0.2) is 0 Å². The third-order valence-electron chi connectivity index (χ3n) is 4.71. The summed E-state index contributed by atoms with van der Waals surface area (Å²) in [6, 6.07) is 9.67. The van der Waals surface area contributed by atoms with E-state index in [0.29, 0.717) is 29.8 Å². The molecule has 138 valence electrons. The number of nitrogens with one attached hydrogen (secondary N) is 1. The predicted molar refractivity (Wildman–Crippen MR) is 103 cm³/mol. The molecule has 1 N–H and O–H groups in total. The molecule has 0 saturated carbocycles. The van der Waals surface area contributed by atoms with Gasteiger partial charge in [-0.2, -0.15) is 0 Å². The van der Waals surface area contributed by atoms with Crippen LogP contribution in [-0.4, -0.2) is 35.1 Å². The average molecular weight is 354 g/mol. The van der Waals surface area contributed by atoms with Gasteiger partial charge in [-0.3, -0.25) is 4.79 Å². The third-order valence-corrected chi connectivity index (χ3v) is 4.71. The van der Waals surface area contributed by atoms with Crippen LogP contribution in [0.1, 0.15) is 50.0 Å². The second kappa shape index (κ2) is 8.65. The topological polar surface area (TPSA) is 67.3 Å². The molecular weight excluding hydrogens is 328 g/mol. The van der Waals surface area contributed by atoms with Crippen molar-refractivity contribution in [3.05, 3.63) is 42.4 Å². The quantitative estimate of drug-likeness (QED) is 0.852. The lowest BCUT2D eigenvalue weighted by Gasteiger charge is -2.36. The first-order valence-electron chi connectivity index (χ1n) is 9.34. The molecule has 2 heterocycles. The van der Waals surface area contributed by atoms with E-state index in [1.807, 2.05) is 31.2 Å². The van der Waals surface area contributed by atoms with E-state index in [1.54, 1.807) is 6.07 Å². The largest absolute Gasteiger partial charge is 0.492 e. The Kier molecular flexibility index (Phi) is 6.04. The Balaban J connectivity index is 1.78. The van der Waals surface area contributed by atoms with E-state index < -0.39 is 0 Å². The maximum absolute atomic E-state index is 12.7. The molecule has 1 atom stereocenters. The molecule has 6 nitrogen and oxygen atoms in total. The van der Waals surface area contributed by atoms with Gasteiger partial charge in [0.2, 0.25) is 0 Å². The van der Waals surface area contributed by atoms with Gasteiger partial charge in [-0.25, -0.2) is 9.97 Å². The molecule has 1 aromatic heterocycles. The van der Waals surface area contributed by atoms with Gasteiger partial charge in [-0.05, 0) is 44.7 Å². The van der Waals surface area contributed by atoms with Crippen molar-refractivity contribution in [1.82, 2.24) is 9.97 Å². The van der Waals surface area contributed by atoms with Crippen molar-refractivity contribution >= 4 is 17.4 Å². The lowest BCUT2D eigenvalue weighted by Crippen LogP contribution is -2.39. The Bertz CT molecular complexity index is 750. The highest BCUT2D eigenvalue weighted by molar-refractivity contribution is 6.04. The van der Waals surface area contributed by atoms with Gasteiger partial charge in [-0.15, -0.1) is 0 Å². The first-order valence-corrected chi connectivity index (χ1v) is 9.34. The van der Waals surface area contributed by atoms with Gasteiger partial charge in [0.05, 0.1) is 12.3 Å². The van der Waals surface area contributed by atoms with Crippen molar-refractivity contribution in [2.24, 2.45) is 0 Å². The second-order valence-corrected chi connectivity index (χ2v) is 6.40. The molecule has 1 aliphatic rings. The van der Waals surface area contributed by atoms with Crippen molar-refractivity contribution in [3.8, 4) is 5.75 Å². The molecular formula is C20H26N4O2. The summed E-state index contributed by atoms with van der Waals surface area (Å²) in [4.78, 5) is 23.6. The summed E-state index contributed by atoms with van der Waals surface area (Å²) in [5.74, 6) is 1.22. The lowest BCUT2D eigenvalue weighted by molar-refractivity contribution is 0.102. The smallest absolute Gasteiger partial charge is 0.274 e. The molecule has 26 heavy (non-hydrogen) atoms. The number of hydrogen-bond donors (Lipinski definition) is 1. The van der Waals surface area contributed by atoms with Crippen molar-refractivity contribution in [2.75, 3.05) is 23.4 Å². The highest BCUT2D eigenvalue weighted by atomic mass is 16.5. The molecule has 1 aromatic carbocycles. The minimum absolute atomic E-state index is 0.258. The van der Waals surface area contributed by atoms with Crippen LogP contribution >= 0.6 is 0 Å². The summed E-state index contributed by atoms with van der Waals surface area (Å²) >= 11 is 0. The number of piperidine rings is 1. The zero-order valence-corrected chi connectivity index (χ0v) is 15.4. The lowest BCUT2D eigenvalue weighted by atomic mass is 10.00. The first kappa shape index (κ1) is 18.2. The van der Waals surface area contributed by atoms with E-state index in [-0.39, 0.29) is 5.91 Å². The number of nitrogens with zero attached hydrogens (tertiary/aromatic N) is 3. The Morgan fingerprint density at radius 3 is 2.92 bits per heavy atom. The Hall–Kier alpha value is -2.63. The van der Waals surface area contributed by atoms with Crippen LogP contribution in [0.5, 0.6) is 5.75 Å². The highest BCUT2D eigenvalue weighted by Crippen LogP contribution is 2.26. The van der Waals surface area contributed by atoms with Gasteiger partial charge in [0.25, 0.3) is 5.91 Å². The summed E-state index contributed by atoms with van der Waals surface area (Å²) in [5, 5.41) is 2.89. The molecule has 1 aliphatic heterocycles. The maximum Gasteiger partial charge on any atom is 0.274 e. The molecule has 1 fully saturated rings. The molecule has 1 amide bonds. The van der Waals surface area contributed by atoms with Gasteiger partial charge in [0, 0.05) is 18.7 Å². The van der Waals surface area contributed by atoms with Crippen LogP contribution in [0.25, 0.3) is 0 Å². The zero-order valence-electron chi connectivity index (χ0n) is 15.4.